The number of nitrogens with one attached hydrogen (secondary N) is 1. The SMILES string of the molecule is COc1ccc(Cl)cc1-c1nc(=S)n(CN2CCC(C(=O)c3ccc(C)cc3)CC2)[nH]1. The number of carbonyl (C=O) groups excluding carboxylic acids is 1. The van der Waals surface area contributed by atoms with Crippen molar-refractivity contribution in [1.29, 1.82) is 0 Å². The molecule has 162 valence electrons. The van der Waals surface area contributed by atoms with Crippen LogP contribution in [0.5, 0.6) is 5.75 Å². The molecule has 6 nitrogen and oxygen atoms in total. The Kier molecular flexibility index (Phi) is 6.55. The first-order valence-corrected chi connectivity index (χ1v) is 11.1. The number of hydrogen-bond donors (Lipinski definition) is 1. The molecule has 1 saturated heterocycles. The summed E-state index contributed by atoms with van der Waals surface area (Å²) in [5.74, 6) is 1.61. The van der Waals surface area contributed by atoms with Gasteiger partial charge in [-0.15, -0.1) is 0 Å². The number of hydrogen-bond acceptors (Lipinski definition) is 5. The molecule has 0 bridgehead atoms. The number of methoxy groups -OCH3 is 1. The number of H-pyrrole nitrogens is 1. The topological polar surface area (TPSA) is 63.1 Å². The number of ketones is 1. The molecule has 31 heavy (non-hydrogen) atoms. The van der Waals surface area contributed by atoms with E-state index >= 15 is 0 Å². The van der Waals surface area contributed by atoms with Crippen molar-refractivity contribution in [1.82, 2.24) is 19.7 Å². The average Bonchev–Trinajstić information content (AvgIpc) is 3.14. The molecular formula is C23H25ClN4O2S. The highest BCUT2D eigenvalue weighted by Crippen LogP contribution is 2.30. The van der Waals surface area contributed by atoms with E-state index in [1.54, 1.807) is 19.2 Å². The van der Waals surface area contributed by atoms with E-state index in [4.69, 9.17) is 28.6 Å². The fourth-order valence-corrected chi connectivity index (χ4v) is 4.30. The molecule has 2 heterocycles. The number of piperidine rings is 1. The zero-order chi connectivity index (χ0) is 22.0. The minimum absolute atomic E-state index is 0.0694. The van der Waals surface area contributed by atoms with Gasteiger partial charge in [-0.2, -0.15) is 4.98 Å². The van der Waals surface area contributed by atoms with Crippen LogP contribution >= 0.6 is 23.8 Å². The third-order valence-corrected chi connectivity index (χ3v) is 6.28. The minimum Gasteiger partial charge on any atom is -0.496 e. The van der Waals surface area contributed by atoms with Crippen molar-refractivity contribution >= 4 is 29.6 Å². The highest BCUT2D eigenvalue weighted by molar-refractivity contribution is 7.71. The highest BCUT2D eigenvalue weighted by Gasteiger charge is 2.26. The van der Waals surface area contributed by atoms with Gasteiger partial charge in [0.2, 0.25) is 4.77 Å². The van der Waals surface area contributed by atoms with Crippen molar-refractivity contribution in [2.45, 2.75) is 26.4 Å². The molecule has 1 aliphatic heterocycles. The maximum absolute atomic E-state index is 12.8. The number of rotatable bonds is 6. The molecule has 4 rings (SSSR count). The summed E-state index contributed by atoms with van der Waals surface area (Å²) in [6, 6.07) is 13.2. The molecular weight excluding hydrogens is 432 g/mol. The number of ether oxygens (including phenoxy) is 1. The van der Waals surface area contributed by atoms with Gasteiger partial charge in [0.1, 0.15) is 5.75 Å². The van der Waals surface area contributed by atoms with Gasteiger partial charge in [0, 0.05) is 29.6 Å². The van der Waals surface area contributed by atoms with Gasteiger partial charge in [-0.1, -0.05) is 41.4 Å². The molecule has 0 amide bonds. The Labute approximate surface area is 191 Å². The predicted molar refractivity (Wildman–Crippen MR) is 124 cm³/mol. The second-order valence-electron chi connectivity index (χ2n) is 7.89. The number of benzene rings is 2. The van der Waals surface area contributed by atoms with E-state index in [0.717, 1.165) is 42.6 Å². The van der Waals surface area contributed by atoms with Gasteiger partial charge >= 0.3 is 0 Å². The fourth-order valence-electron chi connectivity index (χ4n) is 3.93. The van der Waals surface area contributed by atoms with Gasteiger partial charge in [-0.25, -0.2) is 4.68 Å². The normalized spacial score (nSPS) is 15.2. The highest BCUT2D eigenvalue weighted by atomic mass is 35.5. The lowest BCUT2D eigenvalue weighted by atomic mass is 9.89. The number of aryl methyl sites for hydroxylation is 1. The van der Waals surface area contributed by atoms with Crippen molar-refractivity contribution in [2.75, 3.05) is 20.2 Å². The van der Waals surface area contributed by atoms with E-state index in [1.807, 2.05) is 41.9 Å². The van der Waals surface area contributed by atoms with Crippen LogP contribution in [0, 0.1) is 17.6 Å². The molecule has 0 unspecified atom stereocenters. The van der Waals surface area contributed by atoms with Gasteiger partial charge in [-0.05, 0) is 50.2 Å². The molecule has 1 aliphatic rings. The standard InChI is InChI=1S/C23H25ClN4O2S/c1-15-3-5-16(6-4-15)21(29)17-9-11-27(12-10-17)14-28-23(31)25-22(26-28)19-13-18(24)7-8-20(19)30-2/h3-8,13,17H,9-12,14H2,1-2H3,(H,25,26,31). The summed E-state index contributed by atoms with van der Waals surface area (Å²) in [5.41, 5.74) is 2.74. The summed E-state index contributed by atoms with van der Waals surface area (Å²) in [5, 5.41) is 3.87. The lowest BCUT2D eigenvalue weighted by Crippen LogP contribution is -2.37. The van der Waals surface area contributed by atoms with Crippen LogP contribution in [0.25, 0.3) is 11.4 Å². The van der Waals surface area contributed by atoms with Gasteiger partial charge in [0.05, 0.1) is 19.3 Å². The first-order valence-electron chi connectivity index (χ1n) is 10.3. The molecule has 2 aromatic carbocycles. The van der Waals surface area contributed by atoms with Crippen LogP contribution in [0.15, 0.2) is 42.5 Å². The van der Waals surface area contributed by atoms with Crippen molar-refractivity contribution in [3.8, 4) is 17.1 Å². The van der Waals surface area contributed by atoms with Crippen LogP contribution in [-0.2, 0) is 6.67 Å². The number of halogens is 1. The van der Waals surface area contributed by atoms with Crippen LogP contribution in [-0.4, -0.2) is 45.6 Å². The van der Waals surface area contributed by atoms with Crippen LogP contribution in [0.2, 0.25) is 5.02 Å². The Bertz CT molecular complexity index is 1130. The molecule has 1 aromatic heterocycles. The first-order chi connectivity index (χ1) is 14.9. The predicted octanol–water partition coefficient (Wildman–Crippen LogP) is 5.13. The van der Waals surface area contributed by atoms with E-state index in [9.17, 15) is 4.79 Å². The van der Waals surface area contributed by atoms with Crippen LogP contribution in [0.3, 0.4) is 0 Å². The lowest BCUT2D eigenvalue weighted by molar-refractivity contribution is 0.0803. The maximum Gasteiger partial charge on any atom is 0.217 e. The van der Waals surface area contributed by atoms with Crippen molar-refractivity contribution < 1.29 is 9.53 Å². The number of Topliss-reactive ketones (excluding diaryl/α,β-unsaturated/α-hetero) is 1. The third kappa shape index (κ3) is 4.89. The van der Waals surface area contributed by atoms with E-state index in [-0.39, 0.29) is 11.7 Å². The molecule has 1 fully saturated rings. The molecule has 0 atom stereocenters. The monoisotopic (exact) mass is 456 g/mol. The zero-order valence-corrected chi connectivity index (χ0v) is 19.2. The quantitative estimate of drug-likeness (QED) is 0.411. The van der Waals surface area contributed by atoms with Crippen molar-refractivity contribution in [2.24, 2.45) is 5.92 Å². The van der Waals surface area contributed by atoms with Crippen molar-refractivity contribution in [3.63, 3.8) is 0 Å². The van der Waals surface area contributed by atoms with Gasteiger partial charge in [0.15, 0.2) is 11.6 Å². The third-order valence-electron chi connectivity index (χ3n) is 5.73. The summed E-state index contributed by atoms with van der Waals surface area (Å²) >= 11 is 11.6. The van der Waals surface area contributed by atoms with Gasteiger partial charge in [0.25, 0.3) is 0 Å². The van der Waals surface area contributed by atoms with Crippen LogP contribution < -0.4 is 4.74 Å². The summed E-state index contributed by atoms with van der Waals surface area (Å²) < 4.78 is 7.73. The lowest BCUT2D eigenvalue weighted by Gasteiger charge is -2.31. The molecule has 0 radical (unpaired) electrons. The summed E-state index contributed by atoms with van der Waals surface area (Å²) in [6.07, 6.45) is 1.67. The summed E-state index contributed by atoms with van der Waals surface area (Å²) in [4.78, 5) is 19.6. The molecule has 0 saturated carbocycles. The average molecular weight is 457 g/mol. The Morgan fingerprint density at radius 3 is 2.61 bits per heavy atom. The second-order valence-corrected chi connectivity index (χ2v) is 8.69. The van der Waals surface area contributed by atoms with E-state index in [1.165, 1.54) is 0 Å². The van der Waals surface area contributed by atoms with Crippen LogP contribution in [0.1, 0.15) is 28.8 Å². The van der Waals surface area contributed by atoms with E-state index in [0.29, 0.717) is 28.0 Å². The molecule has 3 aromatic rings. The zero-order valence-electron chi connectivity index (χ0n) is 17.6. The second kappa shape index (κ2) is 9.34. The first kappa shape index (κ1) is 21.7. The number of aromatic amines is 1. The minimum atomic E-state index is 0.0694. The Hall–Kier alpha value is -2.48. The Morgan fingerprint density at radius 1 is 1.23 bits per heavy atom. The van der Waals surface area contributed by atoms with Crippen molar-refractivity contribution in [3.05, 3.63) is 63.4 Å². The van der Waals surface area contributed by atoms with E-state index < -0.39 is 0 Å². The number of nitrogens with zero attached hydrogens (tertiary/aromatic N) is 3. The summed E-state index contributed by atoms with van der Waals surface area (Å²) in [7, 11) is 1.61. The number of aromatic nitrogens is 3. The molecule has 1 N–H and O–H groups in total. The Morgan fingerprint density at radius 2 is 1.94 bits per heavy atom. The van der Waals surface area contributed by atoms with Gasteiger partial charge in [-0.3, -0.25) is 14.8 Å². The fraction of sp³-hybridized carbons (Fsp3) is 0.348. The molecule has 0 spiro atoms. The molecule has 0 aliphatic carbocycles. The maximum atomic E-state index is 12.8. The number of likely N-dealkylation sites (tertiary alicyclic amines) is 1. The Balaban J connectivity index is 1.41. The van der Waals surface area contributed by atoms with Gasteiger partial charge < -0.3 is 4.74 Å². The van der Waals surface area contributed by atoms with Crippen LogP contribution in [0.4, 0.5) is 0 Å². The molecule has 8 heteroatoms. The van der Waals surface area contributed by atoms with E-state index in [2.05, 4.69) is 15.0 Å². The number of carbonyl (C=O) groups is 1. The largest absolute Gasteiger partial charge is 0.496 e. The smallest absolute Gasteiger partial charge is 0.217 e. The summed E-state index contributed by atoms with van der Waals surface area (Å²) in [6.45, 7) is 4.29.